The van der Waals surface area contributed by atoms with E-state index in [0.29, 0.717) is 5.92 Å². The Labute approximate surface area is 144 Å². The zero-order valence-electron chi connectivity index (χ0n) is 14.9. The van der Waals surface area contributed by atoms with E-state index < -0.39 is 0 Å². The maximum absolute atomic E-state index is 11.9. The van der Waals surface area contributed by atoms with Gasteiger partial charge >= 0.3 is 0 Å². The van der Waals surface area contributed by atoms with Crippen LogP contribution in [0.5, 0.6) is 0 Å². The molecule has 0 aliphatic carbocycles. The van der Waals surface area contributed by atoms with Crippen molar-refractivity contribution in [3.8, 4) is 0 Å². The molecule has 0 spiro atoms. The van der Waals surface area contributed by atoms with Crippen LogP contribution in [0.15, 0.2) is 0 Å². The van der Waals surface area contributed by atoms with E-state index >= 15 is 0 Å². The highest BCUT2D eigenvalue weighted by molar-refractivity contribution is 5.77. The summed E-state index contributed by atoms with van der Waals surface area (Å²) in [5.74, 6) is 2.68. The molecule has 0 radical (unpaired) electrons. The smallest absolute Gasteiger partial charge is 0.248 e. The van der Waals surface area contributed by atoms with Crippen molar-refractivity contribution in [1.82, 2.24) is 24.6 Å². The molecular weight excluding hydrogens is 306 g/mol. The average Bonchev–Trinajstić information content (AvgIpc) is 3.25. The van der Waals surface area contributed by atoms with E-state index in [4.69, 9.17) is 4.74 Å². The van der Waals surface area contributed by atoms with Crippen LogP contribution in [-0.4, -0.2) is 70.4 Å². The number of amides is 1. The molecule has 7 nitrogen and oxygen atoms in total. The first-order valence-corrected chi connectivity index (χ1v) is 9.14. The Morgan fingerprint density at radius 2 is 1.88 bits per heavy atom. The fraction of sp³-hybridized carbons (Fsp3) is 0.824. The highest BCUT2D eigenvalue weighted by atomic mass is 16.5. The van der Waals surface area contributed by atoms with Crippen LogP contribution in [0.2, 0.25) is 0 Å². The fourth-order valence-corrected chi connectivity index (χ4v) is 3.86. The number of carbonyl (C=O) groups is 1. The summed E-state index contributed by atoms with van der Waals surface area (Å²) in [4.78, 5) is 16.3. The maximum atomic E-state index is 11.9. The molecule has 1 amide bonds. The molecular formula is C17H29N5O2. The van der Waals surface area contributed by atoms with Crippen LogP contribution in [0.4, 0.5) is 0 Å². The standard InChI is InChI=1S/C17H29N5O2/c1-3-22-15(12-20-8-4-5-9-20)18-19-17(22)14-6-10-21(11-7-14)16(23)13-24-2/h14H,3-13H2,1-2H3. The minimum absolute atomic E-state index is 0.0858. The van der Waals surface area contributed by atoms with Crippen LogP contribution >= 0.6 is 0 Å². The Balaban J connectivity index is 1.63. The molecule has 0 bridgehead atoms. The molecule has 2 fully saturated rings. The van der Waals surface area contributed by atoms with Crippen LogP contribution in [-0.2, 0) is 22.6 Å². The number of carbonyl (C=O) groups excluding carboxylic acids is 1. The van der Waals surface area contributed by atoms with Crippen LogP contribution in [0.25, 0.3) is 0 Å². The molecule has 3 heterocycles. The number of aromatic nitrogens is 3. The monoisotopic (exact) mass is 335 g/mol. The van der Waals surface area contributed by atoms with Gasteiger partial charge in [-0.3, -0.25) is 9.69 Å². The van der Waals surface area contributed by atoms with Crippen molar-refractivity contribution in [3.05, 3.63) is 11.6 Å². The quantitative estimate of drug-likeness (QED) is 0.783. The van der Waals surface area contributed by atoms with E-state index in [0.717, 1.165) is 50.7 Å². The predicted molar refractivity (Wildman–Crippen MR) is 90.6 cm³/mol. The minimum atomic E-state index is 0.0858. The molecule has 7 heteroatoms. The Kier molecular flexibility index (Phi) is 5.84. The summed E-state index contributed by atoms with van der Waals surface area (Å²) >= 11 is 0. The Morgan fingerprint density at radius 1 is 1.17 bits per heavy atom. The molecule has 0 N–H and O–H groups in total. The van der Waals surface area contributed by atoms with Crippen molar-refractivity contribution in [2.75, 3.05) is 39.9 Å². The molecule has 2 saturated heterocycles. The van der Waals surface area contributed by atoms with Crippen LogP contribution < -0.4 is 0 Å². The van der Waals surface area contributed by atoms with Crippen molar-refractivity contribution in [1.29, 1.82) is 0 Å². The highest BCUT2D eigenvalue weighted by Crippen LogP contribution is 2.28. The van der Waals surface area contributed by atoms with Gasteiger partial charge in [-0.05, 0) is 45.7 Å². The van der Waals surface area contributed by atoms with Gasteiger partial charge in [0.2, 0.25) is 5.91 Å². The van der Waals surface area contributed by atoms with Crippen molar-refractivity contribution in [3.63, 3.8) is 0 Å². The molecule has 3 rings (SSSR count). The molecule has 0 unspecified atom stereocenters. The van der Waals surface area contributed by atoms with Gasteiger partial charge in [0.25, 0.3) is 0 Å². The number of rotatable bonds is 6. The molecule has 0 saturated carbocycles. The van der Waals surface area contributed by atoms with Crippen LogP contribution in [0.3, 0.4) is 0 Å². The first-order chi connectivity index (χ1) is 11.7. The van der Waals surface area contributed by atoms with Gasteiger partial charge in [-0.2, -0.15) is 0 Å². The van der Waals surface area contributed by atoms with Crippen LogP contribution in [0.1, 0.15) is 50.2 Å². The number of hydrogen-bond acceptors (Lipinski definition) is 5. The van der Waals surface area contributed by atoms with E-state index in [-0.39, 0.29) is 12.5 Å². The normalized spacial score (nSPS) is 20.0. The predicted octanol–water partition coefficient (Wildman–Crippen LogP) is 1.25. The second kappa shape index (κ2) is 8.07. The maximum Gasteiger partial charge on any atom is 0.248 e. The van der Waals surface area contributed by atoms with Gasteiger partial charge in [0, 0.05) is 32.7 Å². The lowest BCUT2D eigenvalue weighted by molar-refractivity contribution is -0.136. The van der Waals surface area contributed by atoms with E-state index in [2.05, 4.69) is 26.6 Å². The Morgan fingerprint density at radius 3 is 2.50 bits per heavy atom. The number of likely N-dealkylation sites (tertiary alicyclic amines) is 2. The van der Waals surface area contributed by atoms with Gasteiger partial charge in [-0.1, -0.05) is 0 Å². The SMILES string of the molecule is CCn1c(CN2CCCC2)nnc1C1CCN(C(=O)COC)CC1. The lowest BCUT2D eigenvalue weighted by Crippen LogP contribution is -2.40. The zero-order chi connectivity index (χ0) is 16.9. The van der Waals surface area contributed by atoms with Gasteiger partial charge in [-0.25, -0.2) is 0 Å². The fourth-order valence-electron chi connectivity index (χ4n) is 3.86. The third kappa shape index (κ3) is 3.78. The van der Waals surface area contributed by atoms with Gasteiger partial charge in [0.1, 0.15) is 18.3 Å². The van der Waals surface area contributed by atoms with Crippen molar-refractivity contribution in [2.45, 2.75) is 51.6 Å². The van der Waals surface area contributed by atoms with E-state index in [9.17, 15) is 4.79 Å². The average molecular weight is 335 g/mol. The van der Waals surface area contributed by atoms with Crippen LogP contribution in [0, 0.1) is 0 Å². The first kappa shape index (κ1) is 17.4. The Bertz CT molecular complexity index is 545. The zero-order valence-corrected chi connectivity index (χ0v) is 14.9. The molecule has 1 aromatic rings. The summed E-state index contributed by atoms with van der Waals surface area (Å²) < 4.78 is 7.24. The second-order valence-electron chi connectivity index (χ2n) is 6.79. The third-order valence-electron chi connectivity index (χ3n) is 5.22. The molecule has 2 aliphatic rings. The van der Waals surface area contributed by atoms with Gasteiger partial charge < -0.3 is 14.2 Å². The number of piperidine rings is 1. The van der Waals surface area contributed by atoms with E-state index in [1.165, 1.54) is 25.9 Å². The molecule has 0 aromatic carbocycles. The lowest BCUT2D eigenvalue weighted by atomic mass is 9.96. The van der Waals surface area contributed by atoms with Gasteiger partial charge in [0.15, 0.2) is 0 Å². The number of hydrogen-bond donors (Lipinski definition) is 0. The summed E-state index contributed by atoms with van der Waals surface area (Å²) in [6.07, 6.45) is 4.50. The lowest BCUT2D eigenvalue weighted by Gasteiger charge is -2.31. The first-order valence-electron chi connectivity index (χ1n) is 9.14. The largest absolute Gasteiger partial charge is 0.375 e. The van der Waals surface area contributed by atoms with E-state index in [1.807, 2.05) is 4.90 Å². The number of methoxy groups -OCH3 is 1. The summed E-state index contributed by atoms with van der Waals surface area (Å²) in [7, 11) is 1.57. The third-order valence-corrected chi connectivity index (χ3v) is 5.22. The summed E-state index contributed by atoms with van der Waals surface area (Å²) in [6, 6.07) is 0. The summed E-state index contributed by atoms with van der Waals surface area (Å²) in [5.41, 5.74) is 0. The molecule has 134 valence electrons. The number of nitrogens with zero attached hydrogens (tertiary/aromatic N) is 5. The molecule has 1 aromatic heterocycles. The second-order valence-corrected chi connectivity index (χ2v) is 6.79. The minimum Gasteiger partial charge on any atom is -0.375 e. The summed E-state index contributed by atoms with van der Waals surface area (Å²) in [5, 5.41) is 9.00. The molecule has 2 aliphatic heterocycles. The molecule has 24 heavy (non-hydrogen) atoms. The van der Waals surface area contributed by atoms with Crippen molar-refractivity contribution >= 4 is 5.91 Å². The highest BCUT2D eigenvalue weighted by Gasteiger charge is 2.28. The Hall–Kier alpha value is -1.47. The van der Waals surface area contributed by atoms with Gasteiger partial charge in [0.05, 0.1) is 6.54 Å². The topological polar surface area (TPSA) is 63.5 Å². The summed E-state index contributed by atoms with van der Waals surface area (Å²) in [6.45, 7) is 8.07. The van der Waals surface area contributed by atoms with Crippen molar-refractivity contribution < 1.29 is 9.53 Å². The molecule has 0 atom stereocenters. The van der Waals surface area contributed by atoms with Crippen molar-refractivity contribution in [2.24, 2.45) is 0 Å². The van der Waals surface area contributed by atoms with Gasteiger partial charge in [-0.15, -0.1) is 10.2 Å². The number of ether oxygens (including phenoxy) is 1. The van der Waals surface area contributed by atoms with E-state index in [1.54, 1.807) is 7.11 Å².